The zero-order valence-corrected chi connectivity index (χ0v) is 19.6. The van der Waals surface area contributed by atoms with Gasteiger partial charge in [0.1, 0.15) is 5.75 Å². The molecule has 0 aromatic heterocycles. The van der Waals surface area contributed by atoms with Crippen LogP contribution in [0.15, 0.2) is 77.7 Å². The molecule has 0 fully saturated rings. The Labute approximate surface area is 195 Å². The van der Waals surface area contributed by atoms with Crippen LogP contribution in [0.1, 0.15) is 34.7 Å². The Morgan fingerprint density at radius 2 is 1.82 bits per heavy atom. The van der Waals surface area contributed by atoms with Crippen LogP contribution in [0.3, 0.4) is 0 Å². The van der Waals surface area contributed by atoms with Gasteiger partial charge in [-0.25, -0.2) is 8.42 Å². The number of methoxy groups -OCH3 is 1. The fraction of sp³-hybridized carbons (Fsp3) is 0.269. The minimum atomic E-state index is -3.76. The van der Waals surface area contributed by atoms with Gasteiger partial charge in [0.15, 0.2) is 0 Å². The summed E-state index contributed by atoms with van der Waals surface area (Å²) in [5.74, 6) is 0.516. The van der Waals surface area contributed by atoms with E-state index in [4.69, 9.17) is 4.74 Å². The molecular weight excluding hydrogens is 436 g/mol. The van der Waals surface area contributed by atoms with Gasteiger partial charge in [-0.2, -0.15) is 4.31 Å². The second kappa shape index (κ2) is 9.77. The van der Waals surface area contributed by atoms with E-state index in [1.165, 1.54) is 4.31 Å². The van der Waals surface area contributed by atoms with Crippen molar-refractivity contribution in [2.24, 2.45) is 0 Å². The summed E-state index contributed by atoms with van der Waals surface area (Å²) in [6.07, 6.45) is 0.662. The van der Waals surface area contributed by atoms with E-state index in [1.54, 1.807) is 31.4 Å². The topological polar surface area (TPSA) is 75.7 Å². The molecule has 0 bridgehead atoms. The van der Waals surface area contributed by atoms with Crippen molar-refractivity contribution in [1.82, 2.24) is 9.62 Å². The van der Waals surface area contributed by atoms with Crippen molar-refractivity contribution < 1.29 is 17.9 Å². The van der Waals surface area contributed by atoms with Crippen LogP contribution in [0.4, 0.5) is 0 Å². The molecule has 0 spiro atoms. The molecule has 1 amide bonds. The number of hydrogen-bond donors (Lipinski definition) is 1. The van der Waals surface area contributed by atoms with Gasteiger partial charge in [0.25, 0.3) is 0 Å². The number of rotatable bonds is 7. The number of nitrogens with one attached hydrogen (secondary N) is 1. The normalized spacial score (nSPS) is 16.1. The van der Waals surface area contributed by atoms with Crippen LogP contribution in [0.5, 0.6) is 5.75 Å². The Morgan fingerprint density at radius 1 is 1.06 bits per heavy atom. The summed E-state index contributed by atoms with van der Waals surface area (Å²) in [5.41, 5.74) is 3.87. The molecule has 1 aliphatic rings. The number of carbonyl (C=O) groups is 1. The molecule has 1 N–H and O–H groups in total. The molecule has 7 heteroatoms. The summed E-state index contributed by atoms with van der Waals surface area (Å²) >= 11 is 0. The highest BCUT2D eigenvalue weighted by molar-refractivity contribution is 7.89. The first-order chi connectivity index (χ1) is 15.9. The molecule has 0 saturated carbocycles. The zero-order chi connectivity index (χ0) is 23.4. The lowest BCUT2D eigenvalue weighted by Gasteiger charge is -2.36. The summed E-state index contributed by atoms with van der Waals surface area (Å²) in [6.45, 7) is 2.60. The number of nitrogens with zero attached hydrogens (tertiary/aromatic N) is 1. The van der Waals surface area contributed by atoms with Gasteiger partial charge in [-0.05, 0) is 54.3 Å². The van der Waals surface area contributed by atoms with Gasteiger partial charge in [0, 0.05) is 19.5 Å². The van der Waals surface area contributed by atoms with Crippen molar-refractivity contribution in [2.75, 3.05) is 13.7 Å². The van der Waals surface area contributed by atoms with Crippen molar-refractivity contribution in [3.8, 4) is 5.75 Å². The van der Waals surface area contributed by atoms with E-state index in [0.29, 0.717) is 19.5 Å². The van der Waals surface area contributed by atoms with Crippen LogP contribution in [0.25, 0.3) is 0 Å². The number of hydrogen-bond acceptors (Lipinski definition) is 4. The number of amides is 1. The first kappa shape index (κ1) is 23.0. The molecular formula is C26H28N2O4S. The first-order valence-electron chi connectivity index (χ1n) is 10.9. The number of benzene rings is 3. The highest BCUT2D eigenvalue weighted by atomic mass is 32.2. The number of carbonyl (C=O) groups excluding carboxylic acids is 1. The van der Waals surface area contributed by atoms with E-state index in [1.807, 2.05) is 55.5 Å². The Bertz CT molecular complexity index is 1240. The van der Waals surface area contributed by atoms with Gasteiger partial charge in [0.2, 0.25) is 15.9 Å². The average molecular weight is 465 g/mol. The fourth-order valence-corrected chi connectivity index (χ4v) is 5.81. The van der Waals surface area contributed by atoms with Gasteiger partial charge in [0.05, 0.1) is 18.0 Å². The van der Waals surface area contributed by atoms with Gasteiger partial charge >= 0.3 is 0 Å². The van der Waals surface area contributed by atoms with Crippen molar-refractivity contribution in [2.45, 2.75) is 37.2 Å². The molecule has 0 aliphatic carbocycles. The predicted octanol–water partition coefficient (Wildman–Crippen LogP) is 4.00. The van der Waals surface area contributed by atoms with Crippen LogP contribution in [0.2, 0.25) is 0 Å². The Morgan fingerprint density at radius 3 is 2.58 bits per heavy atom. The lowest BCUT2D eigenvalue weighted by atomic mass is 9.92. The second-order valence-corrected chi connectivity index (χ2v) is 10.1. The van der Waals surface area contributed by atoms with E-state index in [-0.39, 0.29) is 17.2 Å². The Hall–Kier alpha value is -3.16. The highest BCUT2D eigenvalue weighted by Crippen LogP contribution is 2.36. The minimum absolute atomic E-state index is 0.0477. The molecule has 4 rings (SSSR count). The molecule has 6 nitrogen and oxygen atoms in total. The number of ether oxygens (including phenoxy) is 1. The van der Waals surface area contributed by atoms with E-state index in [9.17, 15) is 13.2 Å². The molecule has 0 unspecified atom stereocenters. The zero-order valence-electron chi connectivity index (χ0n) is 18.8. The highest BCUT2D eigenvalue weighted by Gasteiger charge is 2.37. The minimum Gasteiger partial charge on any atom is -0.497 e. The molecule has 33 heavy (non-hydrogen) atoms. The quantitative estimate of drug-likeness (QED) is 0.574. The van der Waals surface area contributed by atoms with Crippen LogP contribution >= 0.6 is 0 Å². The van der Waals surface area contributed by atoms with Crippen LogP contribution in [0, 0.1) is 6.92 Å². The number of aryl methyl sites for hydroxylation is 1. The summed E-state index contributed by atoms with van der Waals surface area (Å²) in [4.78, 5) is 13.2. The molecule has 1 heterocycles. The summed E-state index contributed by atoms with van der Waals surface area (Å²) in [7, 11) is -2.16. The monoisotopic (exact) mass is 464 g/mol. The van der Waals surface area contributed by atoms with Crippen molar-refractivity contribution >= 4 is 15.9 Å². The smallest absolute Gasteiger partial charge is 0.243 e. The molecule has 172 valence electrons. The first-order valence-corrected chi connectivity index (χ1v) is 12.4. The third-order valence-electron chi connectivity index (χ3n) is 5.99. The van der Waals surface area contributed by atoms with Crippen molar-refractivity contribution in [1.29, 1.82) is 0 Å². The third-order valence-corrected chi connectivity index (χ3v) is 7.92. The van der Waals surface area contributed by atoms with Gasteiger partial charge < -0.3 is 10.1 Å². The number of sulfonamides is 1. The second-order valence-electron chi connectivity index (χ2n) is 8.23. The molecule has 0 radical (unpaired) electrons. The fourth-order valence-electron chi connectivity index (χ4n) is 4.20. The van der Waals surface area contributed by atoms with Crippen LogP contribution < -0.4 is 10.1 Å². The third kappa shape index (κ3) is 5.10. The van der Waals surface area contributed by atoms with Crippen molar-refractivity contribution in [3.05, 3.63) is 95.1 Å². The van der Waals surface area contributed by atoms with Gasteiger partial charge in [-0.3, -0.25) is 4.79 Å². The van der Waals surface area contributed by atoms with Gasteiger partial charge in [-0.1, -0.05) is 54.1 Å². The number of fused-ring (bicyclic) bond motifs is 1. The summed E-state index contributed by atoms with van der Waals surface area (Å²) in [6, 6.07) is 21.5. The Kier molecular flexibility index (Phi) is 6.81. The maximum atomic E-state index is 13.5. The van der Waals surface area contributed by atoms with E-state index in [0.717, 1.165) is 28.0 Å². The van der Waals surface area contributed by atoms with Gasteiger partial charge in [-0.15, -0.1) is 0 Å². The lowest BCUT2D eigenvalue weighted by Crippen LogP contribution is -2.42. The van der Waals surface area contributed by atoms with E-state index >= 15 is 0 Å². The summed E-state index contributed by atoms with van der Waals surface area (Å²) < 4.78 is 33.8. The molecule has 3 aromatic rings. The molecule has 1 atom stereocenters. The average Bonchev–Trinajstić information content (AvgIpc) is 2.83. The van der Waals surface area contributed by atoms with Crippen molar-refractivity contribution in [3.63, 3.8) is 0 Å². The van der Waals surface area contributed by atoms with Crippen LogP contribution in [-0.4, -0.2) is 32.3 Å². The maximum absolute atomic E-state index is 13.5. The predicted molar refractivity (Wildman–Crippen MR) is 127 cm³/mol. The summed E-state index contributed by atoms with van der Waals surface area (Å²) in [5, 5.41) is 2.93. The van der Waals surface area contributed by atoms with E-state index in [2.05, 4.69) is 5.32 Å². The molecule has 0 saturated heterocycles. The largest absolute Gasteiger partial charge is 0.497 e. The van der Waals surface area contributed by atoms with E-state index < -0.39 is 16.1 Å². The standard InChI is InChI=1S/C26H28N2O4S/c1-19-10-12-23(13-11-19)33(30,31)28-15-14-21-7-3-4-9-24(21)25(28)17-26(29)27-18-20-6-5-8-22(16-20)32-2/h3-13,16,25H,14-15,17-18H2,1-2H3,(H,27,29)/t25-/m1/s1. The SMILES string of the molecule is COc1cccc(CNC(=O)C[C@@H]2c3ccccc3CCN2S(=O)(=O)c2ccc(C)cc2)c1. The maximum Gasteiger partial charge on any atom is 0.243 e. The Balaban J connectivity index is 1.57. The lowest BCUT2D eigenvalue weighted by molar-refractivity contribution is -0.122. The molecule has 1 aliphatic heterocycles. The van der Waals surface area contributed by atoms with Crippen LogP contribution in [-0.2, 0) is 27.8 Å². The molecule has 3 aromatic carbocycles.